The standard InChI is InChI=1S/C29H25FN8/c30-21-6-4-19(5-7-21)23-14-32-15-26-27(23)35-29(34-26)28-22-11-24(33-16-25(22)36-37-28)20-10-18(12-31-13-20)17-38-8-2-1-3-9-38/h4-7,10-16H,1-3,8-9,17H2,(H,34,35)(H,36,37). The molecule has 0 atom stereocenters. The molecule has 0 bridgehead atoms. The van der Waals surface area contributed by atoms with Gasteiger partial charge in [-0.3, -0.25) is 25.0 Å². The van der Waals surface area contributed by atoms with Crippen molar-refractivity contribution in [2.45, 2.75) is 25.8 Å². The number of halogens is 1. The van der Waals surface area contributed by atoms with Crippen molar-refractivity contribution in [1.82, 2.24) is 40.0 Å². The highest BCUT2D eigenvalue weighted by molar-refractivity contribution is 5.97. The number of hydrogen-bond donors (Lipinski definition) is 2. The Morgan fingerprint density at radius 2 is 1.68 bits per heavy atom. The van der Waals surface area contributed by atoms with Crippen molar-refractivity contribution in [2.75, 3.05) is 13.1 Å². The summed E-state index contributed by atoms with van der Waals surface area (Å²) in [6.07, 6.45) is 12.9. The lowest BCUT2D eigenvalue weighted by molar-refractivity contribution is 0.220. The Bertz CT molecular complexity index is 1750. The van der Waals surface area contributed by atoms with Crippen molar-refractivity contribution in [2.24, 2.45) is 0 Å². The van der Waals surface area contributed by atoms with Crippen molar-refractivity contribution in [3.8, 4) is 33.9 Å². The van der Waals surface area contributed by atoms with Crippen molar-refractivity contribution >= 4 is 21.9 Å². The summed E-state index contributed by atoms with van der Waals surface area (Å²) < 4.78 is 13.5. The van der Waals surface area contributed by atoms with E-state index in [-0.39, 0.29) is 5.82 Å². The van der Waals surface area contributed by atoms with E-state index in [0.29, 0.717) is 11.5 Å². The zero-order chi connectivity index (χ0) is 25.5. The fourth-order valence-electron chi connectivity index (χ4n) is 5.23. The Morgan fingerprint density at radius 3 is 2.55 bits per heavy atom. The van der Waals surface area contributed by atoms with Gasteiger partial charge in [0.05, 0.1) is 34.6 Å². The topological polar surface area (TPSA) is 99.3 Å². The molecular weight excluding hydrogens is 479 g/mol. The predicted molar refractivity (Wildman–Crippen MR) is 145 cm³/mol. The number of rotatable bonds is 5. The van der Waals surface area contributed by atoms with Crippen LogP contribution < -0.4 is 0 Å². The van der Waals surface area contributed by atoms with Crippen LogP contribution in [0.1, 0.15) is 24.8 Å². The van der Waals surface area contributed by atoms with Crippen molar-refractivity contribution in [3.63, 3.8) is 0 Å². The number of nitrogens with zero attached hydrogens (tertiary/aromatic N) is 6. The zero-order valence-corrected chi connectivity index (χ0v) is 20.7. The van der Waals surface area contributed by atoms with Crippen LogP contribution in [-0.4, -0.2) is 53.1 Å². The lowest BCUT2D eigenvalue weighted by atomic mass is 10.1. The van der Waals surface area contributed by atoms with E-state index in [1.165, 1.54) is 37.0 Å². The van der Waals surface area contributed by atoms with E-state index in [2.05, 4.69) is 41.1 Å². The molecule has 1 aliphatic rings. The van der Waals surface area contributed by atoms with Gasteiger partial charge in [0, 0.05) is 41.6 Å². The van der Waals surface area contributed by atoms with Gasteiger partial charge in [-0.15, -0.1) is 0 Å². The summed E-state index contributed by atoms with van der Waals surface area (Å²) in [5, 5.41) is 8.54. The summed E-state index contributed by atoms with van der Waals surface area (Å²) in [6.45, 7) is 3.19. The van der Waals surface area contributed by atoms with Crippen molar-refractivity contribution in [1.29, 1.82) is 0 Å². The summed E-state index contributed by atoms with van der Waals surface area (Å²) >= 11 is 0. The van der Waals surface area contributed by atoms with Crippen LogP contribution in [0.4, 0.5) is 4.39 Å². The van der Waals surface area contributed by atoms with E-state index in [9.17, 15) is 4.39 Å². The van der Waals surface area contributed by atoms with Gasteiger partial charge < -0.3 is 4.98 Å². The Kier molecular flexibility index (Phi) is 5.62. The molecule has 0 amide bonds. The molecule has 1 fully saturated rings. The molecule has 0 aliphatic carbocycles. The Morgan fingerprint density at radius 1 is 0.842 bits per heavy atom. The average Bonchev–Trinajstić information content (AvgIpc) is 3.58. The number of benzene rings is 1. The first-order chi connectivity index (χ1) is 18.7. The number of aromatic amines is 2. The van der Waals surface area contributed by atoms with Crippen LogP contribution in [0.5, 0.6) is 0 Å². The highest BCUT2D eigenvalue weighted by Crippen LogP contribution is 2.32. The van der Waals surface area contributed by atoms with Crippen molar-refractivity contribution < 1.29 is 4.39 Å². The number of piperidine rings is 1. The zero-order valence-electron chi connectivity index (χ0n) is 20.7. The van der Waals surface area contributed by atoms with E-state index in [4.69, 9.17) is 4.98 Å². The van der Waals surface area contributed by atoms with Crippen LogP contribution in [0.3, 0.4) is 0 Å². The van der Waals surface area contributed by atoms with Gasteiger partial charge in [-0.25, -0.2) is 9.37 Å². The second-order valence-corrected chi connectivity index (χ2v) is 9.78. The second kappa shape index (κ2) is 9.42. The Labute approximate surface area is 218 Å². The molecule has 6 aromatic rings. The third-order valence-corrected chi connectivity index (χ3v) is 7.17. The van der Waals surface area contributed by atoms with Crippen LogP contribution in [0.2, 0.25) is 0 Å². The van der Waals surface area contributed by atoms with Gasteiger partial charge in [0.2, 0.25) is 0 Å². The predicted octanol–water partition coefficient (Wildman–Crippen LogP) is 5.75. The molecule has 6 heterocycles. The fraction of sp³-hybridized carbons (Fsp3) is 0.207. The van der Waals surface area contributed by atoms with E-state index in [1.807, 2.05) is 18.5 Å². The molecule has 188 valence electrons. The lowest BCUT2D eigenvalue weighted by Gasteiger charge is -2.26. The maximum absolute atomic E-state index is 13.5. The maximum atomic E-state index is 13.5. The highest BCUT2D eigenvalue weighted by Gasteiger charge is 2.17. The first-order valence-electron chi connectivity index (χ1n) is 12.8. The van der Waals surface area contributed by atoms with Gasteiger partial charge in [0.25, 0.3) is 0 Å². The number of aromatic nitrogens is 7. The van der Waals surface area contributed by atoms with Crippen molar-refractivity contribution in [3.05, 3.63) is 78.8 Å². The summed E-state index contributed by atoms with van der Waals surface area (Å²) in [4.78, 5) is 24.3. The fourth-order valence-corrected chi connectivity index (χ4v) is 5.23. The summed E-state index contributed by atoms with van der Waals surface area (Å²) in [5.74, 6) is 0.341. The maximum Gasteiger partial charge on any atom is 0.159 e. The van der Waals surface area contributed by atoms with E-state index in [0.717, 1.165) is 64.0 Å². The van der Waals surface area contributed by atoms with Gasteiger partial charge >= 0.3 is 0 Å². The van der Waals surface area contributed by atoms with Gasteiger partial charge in [-0.2, -0.15) is 5.10 Å². The van der Waals surface area contributed by atoms with Crippen LogP contribution in [0, 0.1) is 5.82 Å². The smallest absolute Gasteiger partial charge is 0.159 e. The first kappa shape index (κ1) is 22.7. The van der Waals surface area contributed by atoms with Gasteiger partial charge in [-0.05, 0) is 61.3 Å². The van der Waals surface area contributed by atoms with E-state index in [1.54, 1.807) is 30.7 Å². The molecule has 5 aromatic heterocycles. The minimum Gasteiger partial charge on any atom is -0.335 e. The molecule has 1 saturated heterocycles. The monoisotopic (exact) mass is 504 g/mol. The van der Waals surface area contributed by atoms with E-state index >= 15 is 0 Å². The molecule has 8 nitrogen and oxygen atoms in total. The second-order valence-electron chi connectivity index (χ2n) is 9.78. The molecule has 7 rings (SSSR count). The highest BCUT2D eigenvalue weighted by atomic mass is 19.1. The molecule has 0 unspecified atom stereocenters. The Hall–Kier alpha value is -4.50. The SMILES string of the molecule is Fc1ccc(-c2cncc3[nH]c(-c4n[nH]c5cnc(-c6cncc(CN7CCCCC7)c6)cc45)nc23)cc1. The molecule has 0 spiro atoms. The number of likely N-dealkylation sites (tertiary alicyclic amines) is 1. The first-order valence-corrected chi connectivity index (χ1v) is 12.8. The molecule has 2 N–H and O–H groups in total. The van der Waals surface area contributed by atoms with Crippen LogP contribution in [0.15, 0.2) is 67.4 Å². The quantitative estimate of drug-likeness (QED) is 0.310. The molecule has 0 saturated carbocycles. The summed E-state index contributed by atoms with van der Waals surface area (Å²) in [7, 11) is 0. The van der Waals surface area contributed by atoms with Gasteiger partial charge in [0.1, 0.15) is 11.5 Å². The Balaban J connectivity index is 1.25. The number of imidazole rings is 1. The van der Waals surface area contributed by atoms with Gasteiger partial charge in [0.15, 0.2) is 5.82 Å². The van der Waals surface area contributed by atoms with E-state index < -0.39 is 0 Å². The van der Waals surface area contributed by atoms with Crippen LogP contribution in [0.25, 0.3) is 55.8 Å². The normalized spacial score (nSPS) is 14.4. The average molecular weight is 505 g/mol. The number of nitrogens with one attached hydrogen (secondary N) is 2. The molecule has 0 radical (unpaired) electrons. The summed E-state index contributed by atoms with van der Waals surface area (Å²) in [6, 6.07) is 10.5. The number of hydrogen-bond acceptors (Lipinski definition) is 6. The number of H-pyrrole nitrogens is 2. The number of pyridine rings is 3. The molecule has 38 heavy (non-hydrogen) atoms. The largest absolute Gasteiger partial charge is 0.335 e. The minimum atomic E-state index is -0.281. The third-order valence-electron chi connectivity index (χ3n) is 7.17. The minimum absolute atomic E-state index is 0.281. The van der Waals surface area contributed by atoms with Crippen LogP contribution in [-0.2, 0) is 6.54 Å². The lowest BCUT2D eigenvalue weighted by Crippen LogP contribution is -2.29. The van der Waals surface area contributed by atoms with Gasteiger partial charge in [-0.1, -0.05) is 18.6 Å². The number of fused-ring (bicyclic) bond motifs is 2. The third kappa shape index (κ3) is 4.20. The molecular formula is C29H25FN8. The molecule has 9 heteroatoms. The van der Waals surface area contributed by atoms with Crippen LogP contribution >= 0.6 is 0 Å². The summed E-state index contributed by atoms with van der Waals surface area (Å²) in [5.41, 5.74) is 7.71. The molecule has 1 aromatic carbocycles. The molecule has 1 aliphatic heterocycles.